The minimum atomic E-state index is 0.816. The Morgan fingerprint density at radius 2 is 2.00 bits per heavy atom. The van der Waals surface area contributed by atoms with E-state index in [-0.39, 0.29) is 0 Å². The first-order valence-electron chi connectivity index (χ1n) is 4.01. The Bertz CT molecular complexity index is 91.5. The average Bonchev–Trinajstić information content (AvgIpc) is 1.89. The monoisotopic (exact) mass is 144 g/mol. The zero-order valence-electron chi connectivity index (χ0n) is 6.77. The molecule has 0 radical (unpaired) electrons. The van der Waals surface area contributed by atoms with Crippen LogP contribution in [-0.4, -0.2) is 50.8 Å². The second-order valence-corrected chi connectivity index (χ2v) is 3.33. The second kappa shape index (κ2) is 3.32. The first-order valence-corrected chi connectivity index (χ1v) is 4.01. The van der Waals surface area contributed by atoms with E-state index in [1.807, 2.05) is 0 Å². The molecule has 10 heavy (non-hydrogen) atoms. The van der Waals surface area contributed by atoms with Gasteiger partial charge >= 0.3 is 0 Å². The van der Waals surface area contributed by atoms with Gasteiger partial charge in [-0.05, 0) is 0 Å². The number of rotatable bonds is 2. The Hall–Kier alpha value is -0.120. The summed E-state index contributed by atoms with van der Waals surface area (Å²) in [6.07, 6.45) is 0. The van der Waals surface area contributed by atoms with Crippen LogP contribution in [0.15, 0.2) is 0 Å². The average molecular weight is 144 g/mol. The predicted octanol–water partition coefficient (Wildman–Crippen LogP) is -1.01. The van der Waals surface area contributed by atoms with Crippen molar-refractivity contribution in [2.24, 2.45) is 5.73 Å². The van der Waals surface area contributed by atoms with Crippen LogP contribution in [0.1, 0.15) is 0 Å². The Morgan fingerprint density at radius 1 is 1.40 bits per heavy atom. The van der Waals surface area contributed by atoms with Crippen molar-refractivity contribution in [1.29, 1.82) is 0 Å². The largest absolute Gasteiger partial charge is 0.326 e. The van der Waals surface area contributed by atoms with Crippen molar-refractivity contribution in [2.45, 2.75) is 0 Å². The van der Waals surface area contributed by atoms with E-state index < -0.39 is 0 Å². The van der Waals surface area contributed by atoms with Crippen LogP contribution in [0.2, 0.25) is 0 Å². The first kappa shape index (κ1) is 7.98. The smallest absolute Gasteiger partial charge is 0.0912 e. The van der Waals surface area contributed by atoms with Crippen molar-refractivity contribution in [3.8, 4) is 0 Å². The molecule has 0 spiro atoms. The van der Waals surface area contributed by atoms with Crippen molar-refractivity contribution in [3.05, 3.63) is 0 Å². The lowest BCUT2D eigenvalue weighted by Gasteiger charge is -2.37. The van der Waals surface area contributed by atoms with Crippen LogP contribution < -0.4 is 11.1 Å². The third-order valence-corrected chi connectivity index (χ3v) is 2.33. The van der Waals surface area contributed by atoms with E-state index in [9.17, 15) is 0 Å². The van der Waals surface area contributed by atoms with Gasteiger partial charge in [0.2, 0.25) is 0 Å². The molecule has 1 fully saturated rings. The SMILES string of the molecule is C[N+]1(CCN)CCNCC1. The van der Waals surface area contributed by atoms with Crippen LogP contribution in [0.5, 0.6) is 0 Å². The summed E-state index contributed by atoms with van der Waals surface area (Å²) in [6.45, 7) is 6.71. The Kier molecular flexibility index (Phi) is 2.65. The molecule has 0 aliphatic carbocycles. The summed E-state index contributed by atoms with van der Waals surface area (Å²) in [6, 6.07) is 0. The number of piperazine rings is 1. The maximum absolute atomic E-state index is 5.51. The number of hydrogen-bond acceptors (Lipinski definition) is 2. The quantitative estimate of drug-likeness (QED) is 0.488. The fourth-order valence-corrected chi connectivity index (χ4v) is 1.47. The van der Waals surface area contributed by atoms with E-state index >= 15 is 0 Å². The molecular weight excluding hydrogens is 126 g/mol. The Labute approximate surface area is 62.8 Å². The summed E-state index contributed by atoms with van der Waals surface area (Å²) in [5.41, 5.74) is 5.51. The van der Waals surface area contributed by atoms with E-state index in [0.29, 0.717) is 0 Å². The number of nitrogens with two attached hydrogens (primary N) is 1. The number of quaternary nitrogens is 1. The van der Waals surface area contributed by atoms with Crippen molar-refractivity contribution in [2.75, 3.05) is 46.3 Å². The van der Waals surface area contributed by atoms with Gasteiger partial charge in [-0.2, -0.15) is 0 Å². The van der Waals surface area contributed by atoms with Crippen LogP contribution in [0, 0.1) is 0 Å². The third-order valence-electron chi connectivity index (χ3n) is 2.33. The molecule has 0 unspecified atom stereocenters. The third kappa shape index (κ3) is 1.94. The highest BCUT2D eigenvalue weighted by atomic mass is 15.4. The Morgan fingerprint density at radius 3 is 2.50 bits per heavy atom. The van der Waals surface area contributed by atoms with E-state index in [4.69, 9.17) is 5.73 Å². The predicted molar refractivity (Wildman–Crippen MR) is 42.7 cm³/mol. The van der Waals surface area contributed by atoms with Crippen LogP contribution in [0.3, 0.4) is 0 Å². The fourth-order valence-electron chi connectivity index (χ4n) is 1.47. The molecule has 60 valence electrons. The minimum absolute atomic E-state index is 0.816. The van der Waals surface area contributed by atoms with Crippen molar-refractivity contribution in [1.82, 2.24) is 5.32 Å². The van der Waals surface area contributed by atoms with Gasteiger partial charge in [0.15, 0.2) is 0 Å². The van der Waals surface area contributed by atoms with Gasteiger partial charge in [-0.3, -0.25) is 0 Å². The van der Waals surface area contributed by atoms with E-state index in [2.05, 4.69) is 12.4 Å². The molecule has 0 aromatic rings. The molecule has 1 rings (SSSR count). The molecule has 3 heteroatoms. The summed E-state index contributed by atoms with van der Waals surface area (Å²) in [4.78, 5) is 0. The standard InChI is InChI=1S/C7H18N3/c1-10(5-2-8)6-3-9-4-7-10/h9H,2-8H2,1H3/q+1. The second-order valence-electron chi connectivity index (χ2n) is 3.33. The van der Waals surface area contributed by atoms with Gasteiger partial charge in [0.05, 0.1) is 26.7 Å². The van der Waals surface area contributed by atoms with Crippen molar-refractivity contribution < 1.29 is 4.48 Å². The number of hydrogen-bond donors (Lipinski definition) is 2. The zero-order chi connectivity index (χ0) is 7.45. The Balaban J connectivity index is 2.32. The first-order chi connectivity index (χ1) is 4.77. The van der Waals surface area contributed by atoms with Crippen LogP contribution in [0.4, 0.5) is 0 Å². The minimum Gasteiger partial charge on any atom is -0.326 e. The zero-order valence-corrected chi connectivity index (χ0v) is 6.77. The van der Waals surface area contributed by atoms with Gasteiger partial charge in [0.1, 0.15) is 0 Å². The summed E-state index contributed by atoms with van der Waals surface area (Å²) >= 11 is 0. The molecule has 0 bridgehead atoms. The number of nitrogens with one attached hydrogen (secondary N) is 1. The molecule has 1 aliphatic rings. The van der Waals surface area contributed by atoms with Crippen LogP contribution in [0.25, 0.3) is 0 Å². The highest BCUT2D eigenvalue weighted by Crippen LogP contribution is 2.01. The summed E-state index contributed by atoms with van der Waals surface area (Å²) in [7, 11) is 2.29. The van der Waals surface area contributed by atoms with Gasteiger partial charge in [0.25, 0.3) is 0 Å². The topological polar surface area (TPSA) is 38.0 Å². The van der Waals surface area contributed by atoms with Gasteiger partial charge in [-0.1, -0.05) is 0 Å². The summed E-state index contributed by atoms with van der Waals surface area (Å²) in [5, 5.41) is 3.34. The molecule has 3 N–H and O–H groups in total. The molecule has 1 saturated heterocycles. The van der Waals surface area contributed by atoms with Crippen LogP contribution in [-0.2, 0) is 0 Å². The lowest BCUT2D eigenvalue weighted by Crippen LogP contribution is -2.57. The van der Waals surface area contributed by atoms with Gasteiger partial charge in [-0.25, -0.2) is 0 Å². The maximum Gasteiger partial charge on any atom is 0.0912 e. The molecule has 0 amide bonds. The van der Waals surface area contributed by atoms with Gasteiger partial charge < -0.3 is 15.5 Å². The molecule has 0 aromatic heterocycles. The molecule has 3 nitrogen and oxygen atoms in total. The summed E-state index contributed by atoms with van der Waals surface area (Å²) in [5.74, 6) is 0. The fraction of sp³-hybridized carbons (Fsp3) is 1.00. The van der Waals surface area contributed by atoms with Crippen LogP contribution >= 0.6 is 0 Å². The molecule has 0 atom stereocenters. The molecule has 1 aliphatic heterocycles. The number of nitrogens with zero attached hydrogens (tertiary/aromatic N) is 1. The van der Waals surface area contributed by atoms with E-state index in [1.54, 1.807) is 0 Å². The molecule has 0 aromatic carbocycles. The van der Waals surface area contributed by atoms with E-state index in [1.165, 1.54) is 13.1 Å². The van der Waals surface area contributed by atoms with Crippen molar-refractivity contribution in [3.63, 3.8) is 0 Å². The normalized spacial score (nSPS) is 24.6. The summed E-state index contributed by atoms with van der Waals surface area (Å²) < 4.78 is 1.16. The molecule has 1 heterocycles. The highest BCUT2D eigenvalue weighted by molar-refractivity contribution is 4.55. The number of likely N-dealkylation sites (N-methyl/N-ethyl adjacent to an activating group) is 1. The van der Waals surface area contributed by atoms with Gasteiger partial charge in [-0.15, -0.1) is 0 Å². The lowest BCUT2D eigenvalue weighted by molar-refractivity contribution is -0.909. The van der Waals surface area contributed by atoms with Gasteiger partial charge in [0, 0.05) is 19.6 Å². The maximum atomic E-state index is 5.51. The lowest BCUT2D eigenvalue weighted by atomic mass is 10.3. The highest BCUT2D eigenvalue weighted by Gasteiger charge is 2.22. The van der Waals surface area contributed by atoms with E-state index in [0.717, 1.165) is 30.7 Å². The molecule has 0 saturated carbocycles. The van der Waals surface area contributed by atoms with Crippen molar-refractivity contribution >= 4 is 0 Å². The molecular formula is C7H18N3+.